The summed E-state index contributed by atoms with van der Waals surface area (Å²) in [7, 11) is 0. The van der Waals surface area contributed by atoms with Crippen molar-refractivity contribution in [1.29, 1.82) is 0 Å². The number of carbonyl (C=O) groups is 2. The monoisotopic (exact) mass is 387 g/mol. The van der Waals surface area contributed by atoms with Gasteiger partial charge >= 0.3 is 0 Å². The van der Waals surface area contributed by atoms with Gasteiger partial charge in [0.05, 0.1) is 0 Å². The molecule has 1 N–H and O–H groups in total. The number of hydrogen-bond donors (Lipinski definition) is 1. The second-order valence-electron chi connectivity index (χ2n) is 7.21. The van der Waals surface area contributed by atoms with Crippen LogP contribution in [0.15, 0.2) is 24.3 Å². The summed E-state index contributed by atoms with van der Waals surface area (Å²) in [5.74, 6) is -0.0492. The van der Waals surface area contributed by atoms with Gasteiger partial charge in [-0.3, -0.25) is 14.5 Å². The van der Waals surface area contributed by atoms with Crippen molar-refractivity contribution in [2.75, 3.05) is 26.2 Å². The molecule has 1 aromatic heterocycles. The molecule has 144 valence electrons. The van der Waals surface area contributed by atoms with E-state index in [1.54, 1.807) is 0 Å². The molecule has 3 rings (SSSR count). The molecule has 1 saturated heterocycles. The number of aromatic nitrogens is 1. The summed E-state index contributed by atoms with van der Waals surface area (Å²) in [5.41, 5.74) is 3.78. The number of aryl methyl sites for hydroxylation is 1. The van der Waals surface area contributed by atoms with Crippen LogP contribution in [0.4, 0.5) is 0 Å². The van der Waals surface area contributed by atoms with Crippen molar-refractivity contribution in [3.05, 3.63) is 57.4 Å². The summed E-state index contributed by atoms with van der Waals surface area (Å²) in [6, 6.07) is 8.11. The van der Waals surface area contributed by atoms with E-state index < -0.39 is 0 Å². The topological polar surface area (TPSA) is 56.4 Å². The highest BCUT2D eigenvalue weighted by atomic mass is 35.5. The minimum absolute atomic E-state index is 0.0151. The number of nitrogens with one attached hydrogen (secondary N) is 1. The molecule has 1 fully saturated rings. The molecule has 1 amide bonds. The van der Waals surface area contributed by atoms with Crippen molar-refractivity contribution < 1.29 is 9.59 Å². The van der Waals surface area contributed by atoms with E-state index in [0.717, 1.165) is 34.9 Å². The van der Waals surface area contributed by atoms with Crippen molar-refractivity contribution in [3.63, 3.8) is 0 Å². The number of aromatic amines is 1. The second-order valence-corrected chi connectivity index (χ2v) is 7.61. The minimum atomic E-state index is -0.0341. The fourth-order valence-corrected chi connectivity index (χ4v) is 4.27. The fraction of sp³-hybridized carbons (Fsp3) is 0.429. The molecule has 1 aromatic carbocycles. The average Bonchev–Trinajstić information content (AvgIpc) is 2.95. The Balaban J connectivity index is 1.69. The smallest absolute Gasteiger partial charge is 0.270 e. The number of ketones is 1. The first kappa shape index (κ1) is 19.6. The van der Waals surface area contributed by atoms with Gasteiger partial charge < -0.3 is 9.88 Å². The maximum atomic E-state index is 13.0. The maximum absolute atomic E-state index is 13.0. The van der Waals surface area contributed by atoms with Gasteiger partial charge in [0.15, 0.2) is 5.78 Å². The van der Waals surface area contributed by atoms with E-state index in [1.807, 2.05) is 36.9 Å². The van der Waals surface area contributed by atoms with Gasteiger partial charge in [-0.05, 0) is 44.9 Å². The highest BCUT2D eigenvalue weighted by Crippen LogP contribution is 2.28. The maximum Gasteiger partial charge on any atom is 0.270 e. The summed E-state index contributed by atoms with van der Waals surface area (Å²) in [6.45, 7) is 10.2. The number of amides is 1. The predicted molar refractivity (Wildman–Crippen MR) is 108 cm³/mol. The lowest BCUT2D eigenvalue weighted by Crippen LogP contribution is -2.49. The lowest BCUT2D eigenvalue weighted by atomic mass is 10.1. The molecular formula is C21H26ClN3O2. The molecule has 1 atom stereocenters. The molecular weight excluding hydrogens is 362 g/mol. The third kappa shape index (κ3) is 3.80. The zero-order valence-corrected chi connectivity index (χ0v) is 17.1. The Morgan fingerprint density at radius 3 is 2.30 bits per heavy atom. The number of nitrogens with zero attached hydrogens (tertiary/aromatic N) is 2. The van der Waals surface area contributed by atoms with Gasteiger partial charge in [-0.2, -0.15) is 0 Å². The third-order valence-electron chi connectivity index (χ3n) is 5.51. The average molecular weight is 388 g/mol. The van der Waals surface area contributed by atoms with E-state index in [-0.39, 0.29) is 17.7 Å². The highest BCUT2D eigenvalue weighted by Gasteiger charge is 2.28. The third-order valence-corrected chi connectivity index (χ3v) is 5.85. The van der Waals surface area contributed by atoms with Crippen molar-refractivity contribution >= 4 is 23.3 Å². The fourth-order valence-electron chi connectivity index (χ4n) is 3.97. The number of carbonyl (C=O) groups excluding carboxylic acids is 2. The van der Waals surface area contributed by atoms with E-state index >= 15 is 0 Å². The number of H-pyrrole nitrogens is 1. The number of hydrogen-bond acceptors (Lipinski definition) is 3. The largest absolute Gasteiger partial charge is 0.354 e. The number of rotatable bonds is 4. The SMILES string of the molecule is CC(=O)c1c(C)[nH]c(C(=O)N2CCN(C(C)c3ccccc3Cl)CC2)c1C. The minimum Gasteiger partial charge on any atom is -0.354 e. The van der Waals surface area contributed by atoms with Crippen LogP contribution in [0.1, 0.15) is 57.6 Å². The lowest BCUT2D eigenvalue weighted by molar-refractivity contribution is 0.0576. The van der Waals surface area contributed by atoms with Crippen molar-refractivity contribution in [2.45, 2.75) is 33.7 Å². The lowest BCUT2D eigenvalue weighted by Gasteiger charge is -2.38. The molecule has 2 aromatic rings. The first-order chi connectivity index (χ1) is 12.8. The zero-order chi connectivity index (χ0) is 19.7. The van der Waals surface area contributed by atoms with E-state index in [1.165, 1.54) is 6.92 Å². The first-order valence-corrected chi connectivity index (χ1v) is 9.67. The molecule has 1 aliphatic heterocycles. The summed E-state index contributed by atoms with van der Waals surface area (Å²) in [4.78, 5) is 32.1. The molecule has 1 aliphatic rings. The highest BCUT2D eigenvalue weighted by molar-refractivity contribution is 6.31. The van der Waals surface area contributed by atoms with Crippen LogP contribution in [-0.2, 0) is 0 Å². The Labute approximate surface area is 165 Å². The molecule has 5 nitrogen and oxygen atoms in total. The van der Waals surface area contributed by atoms with Crippen LogP contribution in [0.3, 0.4) is 0 Å². The quantitative estimate of drug-likeness (QED) is 0.806. The van der Waals surface area contributed by atoms with Crippen LogP contribution in [0.25, 0.3) is 0 Å². The first-order valence-electron chi connectivity index (χ1n) is 9.29. The Morgan fingerprint density at radius 1 is 1.11 bits per heavy atom. The molecule has 2 heterocycles. The number of benzene rings is 1. The van der Waals surface area contributed by atoms with E-state index in [9.17, 15) is 9.59 Å². The van der Waals surface area contributed by atoms with Gasteiger partial charge in [0.25, 0.3) is 5.91 Å². The molecule has 6 heteroatoms. The molecule has 0 saturated carbocycles. The molecule has 0 radical (unpaired) electrons. The van der Waals surface area contributed by atoms with Gasteiger partial charge in [0.1, 0.15) is 5.69 Å². The number of piperazine rings is 1. The van der Waals surface area contributed by atoms with Gasteiger partial charge in [0, 0.05) is 48.5 Å². The van der Waals surface area contributed by atoms with Crippen LogP contribution < -0.4 is 0 Å². The molecule has 0 bridgehead atoms. The molecule has 27 heavy (non-hydrogen) atoms. The van der Waals surface area contributed by atoms with Crippen molar-refractivity contribution in [3.8, 4) is 0 Å². The van der Waals surface area contributed by atoms with Gasteiger partial charge in [0.2, 0.25) is 0 Å². The van der Waals surface area contributed by atoms with Gasteiger partial charge in [-0.25, -0.2) is 0 Å². The second kappa shape index (κ2) is 7.87. The van der Waals surface area contributed by atoms with Crippen molar-refractivity contribution in [1.82, 2.24) is 14.8 Å². The summed E-state index contributed by atoms with van der Waals surface area (Å²) >= 11 is 6.33. The van der Waals surface area contributed by atoms with Gasteiger partial charge in [-0.1, -0.05) is 29.8 Å². The molecule has 0 aliphatic carbocycles. The van der Waals surface area contributed by atoms with Crippen LogP contribution in [-0.4, -0.2) is 52.7 Å². The Morgan fingerprint density at radius 2 is 1.74 bits per heavy atom. The number of halogens is 1. The summed E-state index contributed by atoms with van der Waals surface area (Å²) < 4.78 is 0. The van der Waals surface area contributed by atoms with Crippen LogP contribution in [0.5, 0.6) is 0 Å². The van der Waals surface area contributed by atoms with Crippen LogP contribution in [0, 0.1) is 13.8 Å². The normalized spacial score (nSPS) is 16.4. The van der Waals surface area contributed by atoms with Crippen LogP contribution in [0.2, 0.25) is 5.02 Å². The predicted octanol–water partition coefficient (Wildman–Crippen LogP) is 4.01. The summed E-state index contributed by atoms with van der Waals surface area (Å²) in [5, 5.41) is 0.776. The zero-order valence-electron chi connectivity index (χ0n) is 16.3. The van der Waals surface area contributed by atoms with E-state index in [4.69, 9.17) is 11.6 Å². The summed E-state index contributed by atoms with van der Waals surface area (Å²) in [6.07, 6.45) is 0. The standard InChI is InChI=1S/C21H26ClN3O2/c1-13-19(16(4)26)14(2)23-20(13)21(27)25-11-9-24(10-12-25)15(3)17-7-5-6-8-18(17)22/h5-8,15,23H,9-12H2,1-4H3. The number of Topliss-reactive ketones (excluding diaryl/α,β-unsaturated/α-hetero) is 1. The Kier molecular flexibility index (Phi) is 5.72. The van der Waals surface area contributed by atoms with E-state index in [2.05, 4.69) is 22.9 Å². The molecule has 1 unspecified atom stereocenters. The Bertz CT molecular complexity index is 866. The Hall–Kier alpha value is -2.11. The van der Waals surface area contributed by atoms with Crippen LogP contribution >= 0.6 is 11.6 Å². The van der Waals surface area contributed by atoms with E-state index in [0.29, 0.717) is 24.3 Å². The van der Waals surface area contributed by atoms with Crippen molar-refractivity contribution in [2.24, 2.45) is 0 Å². The van der Waals surface area contributed by atoms with Gasteiger partial charge in [-0.15, -0.1) is 0 Å². The molecule has 0 spiro atoms.